The van der Waals surface area contributed by atoms with Crippen LogP contribution in [0, 0.1) is 6.92 Å². The molecule has 0 saturated heterocycles. The number of nitrogens with zero attached hydrogens (tertiary/aromatic N) is 1. The number of thiophene rings is 1. The molecule has 0 atom stereocenters. The fraction of sp³-hybridized carbons (Fsp3) is 0.364. The maximum absolute atomic E-state index is 12.1. The van der Waals surface area contributed by atoms with E-state index in [-0.39, 0.29) is 23.7 Å². The molecule has 0 amide bonds. The molecule has 0 saturated carbocycles. The minimum Gasteiger partial charge on any atom is -0.392 e. The molecule has 0 radical (unpaired) electrons. The highest BCUT2D eigenvalue weighted by Crippen LogP contribution is 2.21. The maximum Gasteiger partial charge on any atom is 0.260 e. The van der Waals surface area contributed by atoms with Crippen molar-refractivity contribution in [2.24, 2.45) is 0 Å². The zero-order valence-electron chi connectivity index (χ0n) is 10.7. The average molecular weight is 336 g/mol. The summed E-state index contributed by atoms with van der Waals surface area (Å²) >= 11 is 7.22. The largest absolute Gasteiger partial charge is 0.392 e. The van der Waals surface area contributed by atoms with Crippen LogP contribution in [0.2, 0.25) is 4.34 Å². The first-order chi connectivity index (χ1) is 9.44. The van der Waals surface area contributed by atoms with Gasteiger partial charge in [0, 0.05) is 22.7 Å². The van der Waals surface area contributed by atoms with Crippen LogP contribution in [-0.2, 0) is 23.1 Å². The van der Waals surface area contributed by atoms with Crippen LogP contribution >= 0.6 is 22.9 Å². The summed E-state index contributed by atoms with van der Waals surface area (Å²) in [6.07, 6.45) is 0.550. The zero-order valence-corrected chi connectivity index (χ0v) is 13.1. The molecule has 2 aromatic rings. The molecular formula is C11H14ClN3O3S2. The van der Waals surface area contributed by atoms with E-state index < -0.39 is 10.0 Å². The summed E-state index contributed by atoms with van der Waals surface area (Å²) in [5.41, 5.74) is 0.828. The zero-order chi connectivity index (χ0) is 14.8. The summed E-state index contributed by atoms with van der Waals surface area (Å²) in [7, 11) is -3.73. The number of aryl methyl sites for hydroxylation is 1. The van der Waals surface area contributed by atoms with Crippen LogP contribution in [0.15, 0.2) is 17.2 Å². The Morgan fingerprint density at radius 2 is 2.25 bits per heavy atom. The van der Waals surface area contributed by atoms with Crippen molar-refractivity contribution in [3.8, 4) is 0 Å². The first-order valence-corrected chi connectivity index (χ1v) is 8.50. The summed E-state index contributed by atoms with van der Waals surface area (Å²) in [6.45, 7) is 1.53. The van der Waals surface area contributed by atoms with E-state index in [1.165, 1.54) is 11.3 Å². The lowest BCUT2D eigenvalue weighted by Crippen LogP contribution is -2.27. The number of halogens is 1. The van der Waals surface area contributed by atoms with Gasteiger partial charge >= 0.3 is 0 Å². The van der Waals surface area contributed by atoms with Gasteiger partial charge in [-0.25, -0.2) is 13.1 Å². The molecular weight excluding hydrogens is 322 g/mol. The summed E-state index contributed by atoms with van der Waals surface area (Å²) in [5.74, 6) is 0. The highest BCUT2D eigenvalue weighted by molar-refractivity contribution is 7.89. The third-order valence-corrected chi connectivity index (χ3v) is 5.46. The third kappa shape index (κ3) is 3.39. The van der Waals surface area contributed by atoms with Gasteiger partial charge in [-0.2, -0.15) is 5.10 Å². The fourth-order valence-corrected chi connectivity index (χ4v) is 4.00. The second kappa shape index (κ2) is 6.23. The van der Waals surface area contributed by atoms with Crippen LogP contribution in [0.3, 0.4) is 0 Å². The van der Waals surface area contributed by atoms with Crippen LogP contribution in [0.1, 0.15) is 16.1 Å². The number of nitrogens with one attached hydrogen (secondary N) is 2. The number of rotatable bonds is 6. The van der Waals surface area contributed by atoms with Gasteiger partial charge in [-0.05, 0) is 25.5 Å². The number of hydrogen-bond acceptors (Lipinski definition) is 5. The summed E-state index contributed by atoms with van der Waals surface area (Å²) in [6, 6.07) is 3.64. The van der Waals surface area contributed by atoms with Crippen LogP contribution < -0.4 is 4.72 Å². The monoisotopic (exact) mass is 335 g/mol. The number of aliphatic hydroxyl groups excluding tert-OH is 1. The van der Waals surface area contributed by atoms with Gasteiger partial charge in [0.1, 0.15) is 0 Å². The molecule has 0 spiro atoms. The quantitative estimate of drug-likeness (QED) is 0.744. The highest BCUT2D eigenvalue weighted by Gasteiger charge is 2.22. The van der Waals surface area contributed by atoms with Crippen LogP contribution in [0.25, 0.3) is 0 Å². The van der Waals surface area contributed by atoms with Crippen molar-refractivity contribution in [2.75, 3.05) is 6.54 Å². The molecule has 0 aliphatic heterocycles. The minimum atomic E-state index is -3.73. The Morgan fingerprint density at radius 1 is 1.50 bits per heavy atom. The summed E-state index contributed by atoms with van der Waals surface area (Å²) in [5, 5.41) is 15.3. The Balaban J connectivity index is 2.04. The predicted octanol–water partition coefficient (Wildman–Crippen LogP) is 1.45. The van der Waals surface area contributed by atoms with Crippen molar-refractivity contribution in [3.05, 3.63) is 32.6 Å². The SMILES string of the molecule is Cc1[nH]nc(S(=O)(=O)NCCc2ccc(Cl)s2)c1CO. The molecule has 3 N–H and O–H groups in total. The molecule has 0 bridgehead atoms. The van der Waals surface area contributed by atoms with E-state index in [2.05, 4.69) is 14.9 Å². The normalized spacial score (nSPS) is 11.9. The highest BCUT2D eigenvalue weighted by atomic mass is 35.5. The Morgan fingerprint density at radius 3 is 2.85 bits per heavy atom. The minimum absolute atomic E-state index is 0.151. The summed E-state index contributed by atoms with van der Waals surface area (Å²) in [4.78, 5) is 0.998. The number of hydrogen-bond donors (Lipinski definition) is 3. The molecule has 2 rings (SSSR count). The molecule has 110 valence electrons. The first kappa shape index (κ1) is 15.5. The van der Waals surface area contributed by atoms with Crippen molar-refractivity contribution in [1.82, 2.24) is 14.9 Å². The number of aliphatic hydroxyl groups is 1. The molecule has 2 aromatic heterocycles. The van der Waals surface area contributed by atoms with Crippen LogP contribution in [0.5, 0.6) is 0 Å². The van der Waals surface area contributed by atoms with Crippen LogP contribution in [0.4, 0.5) is 0 Å². The predicted molar refractivity (Wildman–Crippen MR) is 77.5 cm³/mol. The lowest BCUT2D eigenvalue weighted by atomic mass is 10.3. The van der Waals surface area contributed by atoms with E-state index in [1.54, 1.807) is 13.0 Å². The van der Waals surface area contributed by atoms with E-state index in [9.17, 15) is 13.5 Å². The van der Waals surface area contributed by atoms with E-state index in [1.807, 2.05) is 6.07 Å². The van der Waals surface area contributed by atoms with Gasteiger partial charge in [-0.1, -0.05) is 11.6 Å². The van der Waals surface area contributed by atoms with Gasteiger partial charge in [0.05, 0.1) is 10.9 Å². The lowest BCUT2D eigenvalue weighted by Gasteiger charge is -2.05. The second-order valence-electron chi connectivity index (χ2n) is 4.14. The molecule has 0 fully saturated rings. The molecule has 2 heterocycles. The van der Waals surface area contributed by atoms with Crippen LogP contribution in [-0.4, -0.2) is 30.3 Å². The van der Waals surface area contributed by atoms with E-state index in [0.29, 0.717) is 16.5 Å². The van der Waals surface area contributed by atoms with Gasteiger partial charge in [0.2, 0.25) is 0 Å². The van der Waals surface area contributed by atoms with Crippen molar-refractivity contribution >= 4 is 33.0 Å². The standard InChI is InChI=1S/C11H14ClN3O3S2/c1-7-9(6-16)11(15-14-7)20(17,18)13-5-4-8-2-3-10(12)19-8/h2-3,13,16H,4-6H2,1H3,(H,14,15). The summed E-state index contributed by atoms with van der Waals surface area (Å²) < 4.78 is 27.3. The average Bonchev–Trinajstić information content (AvgIpc) is 2.95. The Hall–Kier alpha value is -0.930. The Kier molecular flexibility index (Phi) is 4.82. The van der Waals surface area contributed by atoms with Crippen molar-refractivity contribution < 1.29 is 13.5 Å². The van der Waals surface area contributed by atoms with Gasteiger partial charge in [0.15, 0.2) is 5.03 Å². The van der Waals surface area contributed by atoms with Gasteiger partial charge < -0.3 is 5.11 Å². The Labute approximate surface area is 125 Å². The number of aromatic nitrogens is 2. The molecule has 0 aromatic carbocycles. The number of sulfonamides is 1. The molecule has 0 unspecified atom stereocenters. The second-order valence-corrected chi connectivity index (χ2v) is 7.63. The molecule has 9 heteroatoms. The Bertz CT molecular complexity index is 694. The van der Waals surface area contributed by atoms with Gasteiger partial charge in [0.25, 0.3) is 10.0 Å². The molecule has 20 heavy (non-hydrogen) atoms. The molecule has 0 aliphatic rings. The van der Waals surface area contributed by atoms with Gasteiger partial charge in [-0.15, -0.1) is 11.3 Å². The van der Waals surface area contributed by atoms with Gasteiger partial charge in [-0.3, -0.25) is 5.10 Å². The van der Waals surface area contributed by atoms with E-state index >= 15 is 0 Å². The number of H-pyrrole nitrogens is 1. The lowest BCUT2D eigenvalue weighted by molar-refractivity contribution is 0.277. The maximum atomic E-state index is 12.1. The fourth-order valence-electron chi connectivity index (χ4n) is 1.70. The van der Waals surface area contributed by atoms with E-state index in [0.717, 1.165) is 4.88 Å². The topological polar surface area (TPSA) is 95.1 Å². The first-order valence-electron chi connectivity index (χ1n) is 5.82. The third-order valence-electron chi connectivity index (χ3n) is 2.74. The smallest absolute Gasteiger partial charge is 0.260 e. The van der Waals surface area contributed by atoms with E-state index in [4.69, 9.17) is 11.6 Å². The molecule has 0 aliphatic carbocycles. The van der Waals surface area contributed by atoms with Crippen molar-refractivity contribution in [3.63, 3.8) is 0 Å². The van der Waals surface area contributed by atoms with Crippen molar-refractivity contribution in [2.45, 2.75) is 25.0 Å². The number of aromatic amines is 1. The molecule has 6 nitrogen and oxygen atoms in total. The van der Waals surface area contributed by atoms with Crippen molar-refractivity contribution in [1.29, 1.82) is 0 Å².